The van der Waals surface area contributed by atoms with Crippen LogP contribution in [0.5, 0.6) is 0 Å². The summed E-state index contributed by atoms with van der Waals surface area (Å²) >= 11 is 0. The van der Waals surface area contributed by atoms with Gasteiger partial charge in [-0.2, -0.15) is 0 Å². The van der Waals surface area contributed by atoms with E-state index in [9.17, 15) is 0 Å². The van der Waals surface area contributed by atoms with Crippen molar-refractivity contribution < 1.29 is 0 Å². The van der Waals surface area contributed by atoms with Gasteiger partial charge in [-0.05, 0) is 18.6 Å². The lowest BCUT2D eigenvalue weighted by molar-refractivity contribution is 0.944. The number of nitrogens with one attached hydrogen (secondary N) is 1. The zero-order valence-electron chi connectivity index (χ0n) is 8.54. The Balaban J connectivity index is 2.68. The third-order valence-corrected chi connectivity index (χ3v) is 2.61. The molecule has 0 aliphatic carbocycles. The molecule has 0 unspecified atom stereocenters. The first-order chi connectivity index (χ1) is 6.74. The SMILES string of the molecule is CCC(=N)c1cc2ccccc2n1C. The highest BCUT2D eigenvalue weighted by molar-refractivity contribution is 6.01. The summed E-state index contributed by atoms with van der Waals surface area (Å²) in [4.78, 5) is 0. The highest BCUT2D eigenvalue weighted by Gasteiger charge is 2.07. The predicted molar refractivity (Wildman–Crippen MR) is 60.0 cm³/mol. The van der Waals surface area contributed by atoms with Crippen molar-refractivity contribution in [3.05, 3.63) is 36.0 Å². The molecule has 0 aliphatic rings. The molecule has 1 N–H and O–H groups in total. The van der Waals surface area contributed by atoms with Crippen molar-refractivity contribution in [2.45, 2.75) is 13.3 Å². The predicted octanol–water partition coefficient (Wildman–Crippen LogP) is 2.96. The Morgan fingerprint density at radius 2 is 2.07 bits per heavy atom. The minimum Gasteiger partial charge on any atom is -0.343 e. The lowest BCUT2D eigenvalue weighted by Crippen LogP contribution is -2.03. The first-order valence-electron chi connectivity index (χ1n) is 4.86. The Morgan fingerprint density at radius 1 is 1.36 bits per heavy atom. The fourth-order valence-electron chi connectivity index (χ4n) is 1.76. The van der Waals surface area contributed by atoms with Gasteiger partial charge in [0.15, 0.2) is 0 Å². The number of aromatic nitrogens is 1. The summed E-state index contributed by atoms with van der Waals surface area (Å²) in [5.74, 6) is 0. The zero-order chi connectivity index (χ0) is 10.1. The summed E-state index contributed by atoms with van der Waals surface area (Å²) in [7, 11) is 2.02. The van der Waals surface area contributed by atoms with E-state index >= 15 is 0 Å². The van der Waals surface area contributed by atoms with Gasteiger partial charge in [0.1, 0.15) is 0 Å². The van der Waals surface area contributed by atoms with Crippen LogP contribution in [0.25, 0.3) is 10.9 Å². The molecule has 0 aliphatic heterocycles. The number of benzene rings is 1. The Labute approximate surface area is 83.7 Å². The van der Waals surface area contributed by atoms with Crippen LogP contribution in [0.2, 0.25) is 0 Å². The summed E-state index contributed by atoms with van der Waals surface area (Å²) in [6.07, 6.45) is 0.782. The van der Waals surface area contributed by atoms with Gasteiger partial charge in [-0.25, -0.2) is 0 Å². The van der Waals surface area contributed by atoms with Gasteiger partial charge in [0.2, 0.25) is 0 Å². The van der Waals surface area contributed by atoms with Crippen LogP contribution in [0.4, 0.5) is 0 Å². The first-order valence-corrected chi connectivity index (χ1v) is 4.86. The summed E-state index contributed by atoms with van der Waals surface area (Å²) < 4.78 is 2.08. The molecule has 72 valence electrons. The van der Waals surface area contributed by atoms with Crippen LogP contribution in [0, 0.1) is 5.41 Å². The molecule has 14 heavy (non-hydrogen) atoms. The van der Waals surface area contributed by atoms with Crippen molar-refractivity contribution in [1.29, 1.82) is 5.41 Å². The van der Waals surface area contributed by atoms with Gasteiger partial charge in [0, 0.05) is 18.0 Å². The number of rotatable bonds is 2. The molecule has 2 aromatic rings. The number of fused-ring (bicyclic) bond motifs is 1. The smallest absolute Gasteiger partial charge is 0.0626 e. The fourth-order valence-corrected chi connectivity index (χ4v) is 1.76. The number of hydrogen-bond donors (Lipinski definition) is 1. The second-order valence-corrected chi connectivity index (χ2v) is 3.48. The Morgan fingerprint density at radius 3 is 2.71 bits per heavy atom. The van der Waals surface area contributed by atoms with E-state index in [1.807, 2.05) is 26.1 Å². The number of aryl methyl sites for hydroxylation is 1. The zero-order valence-corrected chi connectivity index (χ0v) is 8.54. The van der Waals surface area contributed by atoms with Crippen LogP contribution in [0.3, 0.4) is 0 Å². The highest BCUT2D eigenvalue weighted by atomic mass is 15.0. The Bertz CT molecular complexity index is 480. The Hall–Kier alpha value is -1.57. The van der Waals surface area contributed by atoms with Crippen molar-refractivity contribution in [3.63, 3.8) is 0 Å². The van der Waals surface area contributed by atoms with Gasteiger partial charge >= 0.3 is 0 Å². The summed E-state index contributed by atoms with van der Waals surface area (Å²) in [5, 5.41) is 9.04. The van der Waals surface area contributed by atoms with Crippen LogP contribution < -0.4 is 0 Å². The van der Waals surface area contributed by atoms with Crippen molar-refractivity contribution in [3.8, 4) is 0 Å². The van der Waals surface area contributed by atoms with Gasteiger partial charge in [-0.15, -0.1) is 0 Å². The van der Waals surface area contributed by atoms with E-state index in [2.05, 4.69) is 22.8 Å². The molecule has 0 saturated heterocycles. The first kappa shape index (κ1) is 9.00. The second kappa shape index (κ2) is 3.29. The van der Waals surface area contributed by atoms with Gasteiger partial charge < -0.3 is 9.98 Å². The van der Waals surface area contributed by atoms with Crippen molar-refractivity contribution in [1.82, 2.24) is 4.57 Å². The van der Waals surface area contributed by atoms with E-state index in [4.69, 9.17) is 5.41 Å². The molecule has 0 bridgehead atoms. The largest absolute Gasteiger partial charge is 0.343 e. The molecule has 0 atom stereocenters. The fraction of sp³-hybridized carbons (Fsp3) is 0.250. The molecule has 0 saturated carbocycles. The van der Waals surface area contributed by atoms with Gasteiger partial charge in [0.25, 0.3) is 0 Å². The maximum atomic E-state index is 7.83. The number of para-hydroxylation sites is 1. The lowest BCUT2D eigenvalue weighted by Gasteiger charge is -2.02. The average Bonchev–Trinajstić information content (AvgIpc) is 2.56. The van der Waals surface area contributed by atoms with Crippen molar-refractivity contribution >= 4 is 16.6 Å². The minimum absolute atomic E-state index is 0.698. The average molecular weight is 186 g/mol. The molecule has 1 aromatic carbocycles. The minimum atomic E-state index is 0.698. The van der Waals surface area contributed by atoms with E-state index in [-0.39, 0.29) is 0 Å². The molecule has 0 amide bonds. The van der Waals surface area contributed by atoms with E-state index in [0.717, 1.165) is 12.1 Å². The molecule has 1 heterocycles. The van der Waals surface area contributed by atoms with Crippen LogP contribution in [0.15, 0.2) is 30.3 Å². The summed E-state index contributed by atoms with van der Waals surface area (Å²) in [6, 6.07) is 10.3. The molecule has 2 nitrogen and oxygen atoms in total. The molecule has 2 heteroatoms. The number of hydrogen-bond acceptors (Lipinski definition) is 1. The van der Waals surface area contributed by atoms with Crippen molar-refractivity contribution in [2.24, 2.45) is 7.05 Å². The molecule has 0 spiro atoms. The Kier molecular flexibility index (Phi) is 2.12. The third-order valence-electron chi connectivity index (χ3n) is 2.61. The molecular weight excluding hydrogens is 172 g/mol. The topological polar surface area (TPSA) is 28.8 Å². The maximum Gasteiger partial charge on any atom is 0.0626 e. The van der Waals surface area contributed by atoms with E-state index in [0.29, 0.717) is 5.71 Å². The molecular formula is C12H14N2. The van der Waals surface area contributed by atoms with Gasteiger partial charge in [-0.3, -0.25) is 0 Å². The van der Waals surface area contributed by atoms with E-state index < -0.39 is 0 Å². The van der Waals surface area contributed by atoms with Gasteiger partial charge in [-0.1, -0.05) is 25.1 Å². The van der Waals surface area contributed by atoms with Crippen LogP contribution in [-0.4, -0.2) is 10.3 Å². The van der Waals surface area contributed by atoms with E-state index in [1.165, 1.54) is 10.9 Å². The van der Waals surface area contributed by atoms with Crippen LogP contribution in [-0.2, 0) is 7.05 Å². The molecule has 1 aromatic heterocycles. The molecule has 2 rings (SSSR count). The quantitative estimate of drug-likeness (QED) is 0.699. The van der Waals surface area contributed by atoms with E-state index in [1.54, 1.807) is 0 Å². The third kappa shape index (κ3) is 1.23. The van der Waals surface area contributed by atoms with Crippen molar-refractivity contribution in [2.75, 3.05) is 0 Å². The monoisotopic (exact) mass is 186 g/mol. The highest BCUT2D eigenvalue weighted by Crippen LogP contribution is 2.18. The summed E-state index contributed by atoms with van der Waals surface area (Å²) in [6.45, 7) is 2.01. The second-order valence-electron chi connectivity index (χ2n) is 3.48. The molecule has 0 radical (unpaired) electrons. The summed E-state index contributed by atoms with van der Waals surface area (Å²) in [5.41, 5.74) is 2.91. The lowest BCUT2D eigenvalue weighted by atomic mass is 10.2. The molecule has 0 fully saturated rings. The standard InChI is InChI=1S/C12H14N2/c1-3-10(13)12-8-9-6-4-5-7-11(9)14(12)2/h4-8,13H,3H2,1-2H3. The van der Waals surface area contributed by atoms with Gasteiger partial charge in [0.05, 0.1) is 11.4 Å². The van der Waals surface area contributed by atoms with Crippen LogP contribution >= 0.6 is 0 Å². The van der Waals surface area contributed by atoms with Crippen LogP contribution in [0.1, 0.15) is 19.0 Å². The number of nitrogens with zero attached hydrogens (tertiary/aromatic N) is 1. The maximum absolute atomic E-state index is 7.83. The normalized spacial score (nSPS) is 10.7.